The summed E-state index contributed by atoms with van der Waals surface area (Å²) >= 11 is 11.0. The molecule has 142 valence electrons. The van der Waals surface area contributed by atoms with E-state index < -0.39 is 0 Å². The van der Waals surface area contributed by atoms with Crippen molar-refractivity contribution in [2.45, 2.75) is 24.4 Å². The van der Waals surface area contributed by atoms with Crippen LogP contribution in [0.3, 0.4) is 0 Å². The SMILES string of the molecule is C=CCn1c(SCc2csc(C)n2)nc2scc(-c3ccccc3Cl)c2c1=O. The Morgan fingerprint density at radius 3 is 2.75 bits per heavy atom. The van der Waals surface area contributed by atoms with Crippen LogP contribution in [0.25, 0.3) is 21.3 Å². The zero-order valence-corrected chi connectivity index (χ0v) is 18.2. The molecule has 0 N–H and O–H groups in total. The predicted molar refractivity (Wildman–Crippen MR) is 121 cm³/mol. The van der Waals surface area contributed by atoms with Crippen LogP contribution in [0.2, 0.25) is 5.02 Å². The topological polar surface area (TPSA) is 47.8 Å². The number of aryl methyl sites for hydroxylation is 1. The van der Waals surface area contributed by atoms with Crippen molar-refractivity contribution >= 4 is 56.3 Å². The fraction of sp³-hybridized carbons (Fsp3) is 0.150. The molecule has 0 spiro atoms. The Bertz CT molecular complexity index is 1230. The van der Waals surface area contributed by atoms with E-state index in [0.29, 0.717) is 27.9 Å². The van der Waals surface area contributed by atoms with Gasteiger partial charge in [-0.2, -0.15) is 0 Å². The van der Waals surface area contributed by atoms with Crippen LogP contribution in [0.1, 0.15) is 10.7 Å². The summed E-state index contributed by atoms with van der Waals surface area (Å²) in [6.45, 7) is 6.18. The zero-order chi connectivity index (χ0) is 19.7. The fourth-order valence-corrected chi connectivity index (χ4v) is 5.73. The van der Waals surface area contributed by atoms with Crippen molar-refractivity contribution in [3.63, 3.8) is 0 Å². The van der Waals surface area contributed by atoms with E-state index in [9.17, 15) is 4.79 Å². The van der Waals surface area contributed by atoms with Gasteiger partial charge in [0.15, 0.2) is 5.16 Å². The van der Waals surface area contributed by atoms with Crippen LogP contribution in [-0.2, 0) is 12.3 Å². The number of hydrogen-bond acceptors (Lipinski definition) is 6. The standard InChI is InChI=1S/C20H16ClN3OS3/c1-3-8-24-19(25)17-15(14-6-4-5-7-16(14)21)11-27-18(17)23-20(24)28-10-13-9-26-12(2)22-13/h3-7,9,11H,1,8,10H2,2H3. The third kappa shape index (κ3) is 3.67. The molecular formula is C20H16ClN3OS3. The van der Waals surface area contributed by atoms with Crippen LogP contribution in [0.5, 0.6) is 0 Å². The van der Waals surface area contributed by atoms with Crippen molar-refractivity contribution < 1.29 is 0 Å². The maximum absolute atomic E-state index is 13.3. The molecule has 3 heterocycles. The number of rotatable bonds is 6. The molecule has 0 bridgehead atoms. The molecule has 0 saturated carbocycles. The van der Waals surface area contributed by atoms with E-state index >= 15 is 0 Å². The molecule has 4 rings (SSSR count). The molecule has 1 aromatic carbocycles. The Kier molecular flexibility index (Phi) is 5.68. The number of halogens is 1. The number of thiazole rings is 1. The van der Waals surface area contributed by atoms with Gasteiger partial charge in [0.25, 0.3) is 5.56 Å². The molecule has 0 aliphatic carbocycles. The first-order valence-electron chi connectivity index (χ1n) is 8.50. The lowest BCUT2D eigenvalue weighted by molar-refractivity contribution is 0.673. The van der Waals surface area contributed by atoms with E-state index in [1.54, 1.807) is 22.0 Å². The Balaban J connectivity index is 1.82. The normalized spacial score (nSPS) is 11.2. The van der Waals surface area contributed by atoms with Gasteiger partial charge in [-0.05, 0) is 13.0 Å². The fourth-order valence-electron chi connectivity index (χ4n) is 2.90. The van der Waals surface area contributed by atoms with Gasteiger partial charge in [-0.3, -0.25) is 9.36 Å². The van der Waals surface area contributed by atoms with Crippen molar-refractivity contribution in [3.8, 4) is 11.1 Å². The van der Waals surface area contributed by atoms with E-state index in [0.717, 1.165) is 26.7 Å². The zero-order valence-electron chi connectivity index (χ0n) is 15.0. The van der Waals surface area contributed by atoms with Gasteiger partial charge in [0.2, 0.25) is 0 Å². The molecule has 0 unspecified atom stereocenters. The van der Waals surface area contributed by atoms with Crippen LogP contribution in [-0.4, -0.2) is 14.5 Å². The van der Waals surface area contributed by atoms with Crippen molar-refractivity contribution in [1.29, 1.82) is 0 Å². The molecule has 4 nitrogen and oxygen atoms in total. The lowest BCUT2D eigenvalue weighted by atomic mass is 10.1. The van der Waals surface area contributed by atoms with Gasteiger partial charge in [-0.1, -0.05) is 47.6 Å². The maximum Gasteiger partial charge on any atom is 0.263 e. The van der Waals surface area contributed by atoms with Crippen LogP contribution in [0.15, 0.2) is 57.6 Å². The predicted octanol–water partition coefficient (Wildman–Crippen LogP) is 6.02. The summed E-state index contributed by atoms with van der Waals surface area (Å²) in [5.74, 6) is 0.669. The van der Waals surface area contributed by atoms with Crippen molar-refractivity contribution in [1.82, 2.24) is 14.5 Å². The summed E-state index contributed by atoms with van der Waals surface area (Å²) < 4.78 is 1.67. The minimum Gasteiger partial charge on any atom is -0.283 e. The average Bonchev–Trinajstić information content (AvgIpc) is 3.29. The Morgan fingerprint density at radius 1 is 1.21 bits per heavy atom. The highest BCUT2D eigenvalue weighted by molar-refractivity contribution is 7.98. The summed E-state index contributed by atoms with van der Waals surface area (Å²) in [5, 5.41) is 6.93. The van der Waals surface area contributed by atoms with Gasteiger partial charge < -0.3 is 0 Å². The van der Waals surface area contributed by atoms with Gasteiger partial charge in [0.1, 0.15) is 4.83 Å². The lowest BCUT2D eigenvalue weighted by Crippen LogP contribution is -2.22. The molecule has 0 atom stereocenters. The molecule has 3 aromatic heterocycles. The summed E-state index contributed by atoms with van der Waals surface area (Å²) in [4.78, 5) is 23.3. The lowest BCUT2D eigenvalue weighted by Gasteiger charge is -2.10. The van der Waals surface area contributed by atoms with Gasteiger partial charge in [0.05, 0.1) is 16.1 Å². The van der Waals surface area contributed by atoms with Gasteiger partial charge in [0, 0.05) is 39.2 Å². The van der Waals surface area contributed by atoms with Crippen molar-refractivity contribution in [3.05, 3.63) is 73.8 Å². The molecule has 0 aliphatic heterocycles. The highest BCUT2D eigenvalue weighted by Crippen LogP contribution is 2.36. The molecule has 0 amide bonds. The van der Waals surface area contributed by atoms with Crippen molar-refractivity contribution in [2.75, 3.05) is 0 Å². The van der Waals surface area contributed by atoms with E-state index in [1.165, 1.54) is 23.1 Å². The van der Waals surface area contributed by atoms with Gasteiger partial charge in [-0.25, -0.2) is 9.97 Å². The number of hydrogen-bond donors (Lipinski definition) is 0. The van der Waals surface area contributed by atoms with Gasteiger partial charge in [-0.15, -0.1) is 29.3 Å². The molecule has 0 aliphatic rings. The average molecular weight is 446 g/mol. The Morgan fingerprint density at radius 2 is 2.04 bits per heavy atom. The molecule has 28 heavy (non-hydrogen) atoms. The number of allylic oxidation sites excluding steroid dienone is 1. The number of thiophene rings is 1. The minimum atomic E-state index is -0.0713. The maximum atomic E-state index is 13.3. The largest absolute Gasteiger partial charge is 0.283 e. The molecule has 0 fully saturated rings. The van der Waals surface area contributed by atoms with Crippen LogP contribution >= 0.6 is 46.0 Å². The first kappa shape index (κ1) is 19.4. The summed E-state index contributed by atoms with van der Waals surface area (Å²) in [6, 6.07) is 7.55. The first-order chi connectivity index (χ1) is 13.6. The third-order valence-corrected chi connectivity index (χ3v) is 7.18. The smallest absolute Gasteiger partial charge is 0.263 e. The highest BCUT2D eigenvalue weighted by atomic mass is 35.5. The van der Waals surface area contributed by atoms with Crippen LogP contribution in [0, 0.1) is 6.92 Å². The Hall–Kier alpha value is -1.93. The number of nitrogens with zero attached hydrogens (tertiary/aromatic N) is 3. The Labute approximate surface area is 179 Å². The van der Waals surface area contributed by atoms with E-state index in [1.807, 2.05) is 41.9 Å². The molecule has 0 saturated heterocycles. The summed E-state index contributed by atoms with van der Waals surface area (Å²) in [6.07, 6.45) is 1.72. The molecule has 4 aromatic rings. The number of thioether (sulfide) groups is 1. The van der Waals surface area contributed by atoms with E-state index in [2.05, 4.69) is 11.6 Å². The molecule has 8 heteroatoms. The molecular weight excluding hydrogens is 430 g/mol. The van der Waals surface area contributed by atoms with E-state index in [4.69, 9.17) is 16.6 Å². The highest BCUT2D eigenvalue weighted by Gasteiger charge is 2.18. The second-order valence-corrected chi connectivity index (χ2v) is 9.32. The quantitative estimate of drug-likeness (QED) is 0.207. The number of fused-ring (bicyclic) bond motifs is 1. The van der Waals surface area contributed by atoms with E-state index in [-0.39, 0.29) is 5.56 Å². The number of benzene rings is 1. The van der Waals surface area contributed by atoms with Crippen LogP contribution in [0.4, 0.5) is 0 Å². The minimum absolute atomic E-state index is 0.0713. The summed E-state index contributed by atoms with van der Waals surface area (Å²) in [7, 11) is 0. The van der Waals surface area contributed by atoms with Gasteiger partial charge >= 0.3 is 0 Å². The second kappa shape index (κ2) is 8.21. The third-order valence-electron chi connectivity index (χ3n) is 4.15. The van der Waals surface area contributed by atoms with Crippen LogP contribution < -0.4 is 5.56 Å². The second-order valence-electron chi connectivity index (χ2n) is 6.05. The number of aromatic nitrogens is 3. The van der Waals surface area contributed by atoms with Crippen molar-refractivity contribution in [2.24, 2.45) is 0 Å². The first-order valence-corrected chi connectivity index (χ1v) is 11.6. The summed E-state index contributed by atoms with van der Waals surface area (Å²) in [5.41, 5.74) is 2.60. The molecule has 0 radical (unpaired) electrons. The monoisotopic (exact) mass is 445 g/mol.